The Balaban J connectivity index is 2.15. The molecule has 1 aromatic heterocycles. The van der Waals surface area contributed by atoms with Crippen LogP contribution in [0.15, 0.2) is 24.3 Å². The minimum atomic E-state index is -0.206. The number of hydrogen-bond acceptors (Lipinski definition) is 4. The van der Waals surface area contributed by atoms with Crippen LogP contribution in [0.25, 0.3) is 5.69 Å². The van der Waals surface area contributed by atoms with Crippen molar-refractivity contribution in [2.45, 2.75) is 6.92 Å². The predicted octanol–water partition coefficient (Wildman–Crippen LogP) is 0.334. The van der Waals surface area contributed by atoms with Gasteiger partial charge in [-0.25, -0.2) is 0 Å². The quantitative estimate of drug-likeness (QED) is 0.786. The number of nitrogens with zero attached hydrogens (tertiary/aromatic N) is 4. The van der Waals surface area contributed by atoms with E-state index in [0.29, 0.717) is 11.4 Å². The number of benzene rings is 1. The van der Waals surface area contributed by atoms with E-state index in [1.54, 1.807) is 31.2 Å². The monoisotopic (exact) mass is 241 g/mol. The molecule has 90 valence electrons. The standard InChI is InChI=1S/C12H11N5O/c1-3-8-13-12(18)10-4-6-11(7-5-10)17-15-9(2)14-16-17/h1,4-7H,8H2,2H3,(H,13,18). The van der Waals surface area contributed by atoms with Crippen LogP contribution in [0.5, 0.6) is 0 Å². The van der Waals surface area contributed by atoms with Crippen molar-refractivity contribution in [1.82, 2.24) is 25.5 Å². The lowest BCUT2D eigenvalue weighted by molar-refractivity contribution is 0.0958. The first-order valence-electron chi connectivity index (χ1n) is 5.29. The van der Waals surface area contributed by atoms with E-state index in [9.17, 15) is 4.79 Å². The minimum Gasteiger partial charge on any atom is -0.341 e. The summed E-state index contributed by atoms with van der Waals surface area (Å²) in [6.07, 6.45) is 5.07. The maximum absolute atomic E-state index is 11.6. The Labute approximate surface area is 104 Å². The predicted molar refractivity (Wildman–Crippen MR) is 65.1 cm³/mol. The Kier molecular flexibility index (Phi) is 3.34. The molecule has 0 fully saturated rings. The van der Waals surface area contributed by atoms with E-state index in [2.05, 4.69) is 26.6 Å². The first-order valence-corrected chi connectivity index (χ1v) is 5.29. The molecule has 0 atom stereocenters. The van der Waals surface area contributed by atoms with Gasteiger partial charge < -0.3 is 5.32 Å². The molecule has 0 bridgehead atoms. The van der Waals surface area contributed by atoms with E-state index in [1.807, 2.05) is 0 Å². The van der Waals surface area contributed by atoms with Gasteiger partial charge in [0.15, 0.2) is 5.82 Å². The molecule has 2 rings (SSSR count). The Morgan fingerprint density at radius 1 is 1.44 bits per heavy atom. The summed E-state index contributed by atoms with van der Waals surface area (Å²) in [6.45, 7) is 1.97. The zero-order chi connectivity index (χ0) is 13.0. The molecule has 0 radical (unpaired) electrons. The van der Waals surface area contributed by atoms with Crippen LogP contribution >= 0.6 is 0 Å². The smallest absolute Gasteiger partial charge is 0.252 e. The molecule has 0 aliphatic rings. The van der Waals surface area contributed by atoms with Crippen LogP contribution in [0.2, 0.25) is 0 Å². The number of aryl methyl sites for hydroxylation is 1. The average Bonchev–Trinajstić information content (AvgIpc) is 2.83. The fourth-order valence-corrected chi connectivity index (χ4v) is 1.37. The van der Waals surface area contributed by atoms with Gasteiger partial charge in [0.2, 0.25) is 0 Å². The normalized spacial score (nSPS) is 9.78. The third-order valence-electron chi connectivity index (χ3n) is 2.23. The van der Waals surface area contributed by atoms with Crippen LogP contribution in [0.4, 0.5) is 0 Å². The van der Waals surface area contributed by atoms with E-state index in [4.69, 9.17) is 6.42 Å². The van der Waals surface area contributed by atoms with Crippen molar-refractivity contribution in [2.24, 2.45) is 0 Å². The summed E-state index contributed by atoms with van der Waals surface area (Å²) < 4.78 is 0. The first kappa shape index (κ1) is 11.8. The number of nitrogens with one attached hydrogen (secondary N) is 1. The molecule has 1 heterocycles. The molecule has 1 amide bonds. The van der Waals surface area contributed by atoms with E-state index in [1.165, 1.54) is 4.80 Å². The summed E-state index contributed by atoms with van der Waals surface area (Å²) in [7, 11) is 0. The zero-order valence-electron chi connectivity index (χ0n) is 9.79. The molecule has 0 aliphatic carbocycles. The molecule has 0 saturated heterocycles. The summed E-state index contributed by atoms with van der Waals surface area (Å²) in [5, 5.41) is 14.3. The van der Waals surface area contributed by atoms with Gasteiger partial charge >= 0.3 is 0 Å². The highest BCUT2D eigenvalue weighted by atomic mass is 16.1. The molecule has 6 nitrogen and oxygen atoms in total. The molecule has 1 N–H and O–H groups in total. The van der Waals surface area contributed by atoms with E-state index in [-0.39, 0.29) is 12.5 Å². The van der Waals surface area contributed by atoms with Crippen LogP contribution in [-0.4, -0.2) is 32.7 Å². The number of terminal acetylenes is 1. The van der Waals surface area contributed by atoms with E-state index >= 15 is 0 Å². The number of carbonyl (C=O) groups excluding carboxylic acids is 1. The SMILES string of the molecule is C#CCNC(=O)c1ccc(-n2nnc(C)n2)cc1. The van der Waals surface area contributed by atoms with Gasteiger partial charge in [-0.2, -0.15) is 0 Å². The van der Waals surface area contributed by atoms with Crippen molar-refractivity contribution in [3.63, 3.8) is 0 Å². The Hall–Kier alpha value is -2.68. The van der Waals surface area contributed by atoms with Gasteiger partial charge in [-0.1, -0.05) is 5.92 Å². The molecular weight excluding hydrogens is 230 g/mol. The molecule has 6 heteroatoms. The Bertz CT molecular complexity index is 594. The topological polar surface area (TPSA) is 72.7 Å². The average molecular weight is 241 g/mol. The summed E-state index contributed by atoms with van der Waals surface area (Å²) in [6, 6.07) is 6.84. The molecule has 2 aromatic rings. The van der Waals surface area contributed by atoms with Gasteiger partial charge in [0.05, 0.1) is 12.2 Å². The van der Waals surface area contributed by atoms with Crippen molar-refractivity contribution < 1.29 is 4.79 Å². The van der Waals surface area contributed by atoms with Crippen molar-refractivity contribution in [3.05, 3.63) is 35.7 Å². The lowest BCUT2D eigenvalue weighted by Crippen LogP contribution is -2.23. The number of aromatic nitrogens is 4. The first-order chi connectivity index (χ1) is 8.70. The maximum Gasteiger partial charge on any atom is 0.252 e. The highest BCUT2D eigenvalue weighted by Gasteiger charge is 2.05. The van der Waals surface area contributed by atoms with Gasteiger partial charge in [0.25, 0.3) is 5.91 Å². The lowest BCUT2D eigenvalue weighted by atomic mass is 10.2. The van der Waals surface area contributed by atoms with Crippen LogP contribution in [0, 0.1) is 19.3 Å². The number of rotatable bonds is 3. The summed E-state index contributed by atoms with van der Waals surface area (Å²) in [5.74, 6) is 2.73. The highest BCUT2D eigenvalue weighted by molar-refractivity contribution is 5.94. The van der Waals surface area contributed by atoms with Crippen molar-refractivity contribution in [2.75, 3.05) is 6.54 Å². The van der Waals surface area contributed by atoms with E-state index < -0.39 is 0 Å². The van der Waals surface area contributed by atoms with Crippen molar-refractivity contribution in [3.8, 4) is 18.0 Å². The second-order valence-electron chi connectivity index (χ2n) is 3.56. The van der Waals surface area contributed by atoms with Crippen LogP contribution in [-0.2, 0) is 0 Å². The molecule has 0 spiro atoms. The molecule has 0 unspecified atom stereocenters. The maximum atomic E-state index is 11.6. The number of carbonyl (C=O) groups is 1. The molecular formula is C12H11N5O. The van der Waals surface area contributed by atoms with Crippen LogP contribution in [0.1, 0.15) is 16.2 Å². The van der Waals surface area contributed by atoms with Crippen LogP contribution < -0.4 is 5.32 Å². The zero-order valence-corrected chi connectivity index (χ0v) is 9.79. The fraction of sp³-hybridized carbons (Fsp3) is 0.167. The van der Waals surface area contributed by atoms with Crippen LogP contribution in [0.3, 0.4) is 0 Å². The molecule has 0 aliphatic heterocycles. The van der Waals surface area contributed by atoms with Gasteiger partial charge in [-0.05, 0) is 36.4 Å². The third-order valence-corrected chi connectivity index (χ3v) is 2.23. The molecule has 0 saturated carbocycles. The summed E-state index contributed by atoms with van der Waals surface area (Å²) >= 11 is 0. The molecule has 18 heavy (non-hydrogen) atoms. The number of amides is 1. The van der Waals surface area contributed by atoms with Gasteiger partial charge in [-0.3, -0.25) is 4.79 Å². The van der Waals surface area contributed by atoms with Gasteiger partial charge in [0.1, 0.15) is 0 Å². The number of tetrazole rings is 1. The summed E-state index contributed by atoms with van der Waals surface area (Å²) in [4.78, 5) is 13.0. The minimum absolute atomic E-state index is 0.206. The number of hydrogen-bond donors (Lipinski definition) is 1. The fourth-order valence-electron chi connectivity index (χ4n) is 1.37. The second-order valence-corrected chi connectivity index (χ2v) is 3.56. The lowest BCUT2D eigenvalue weighted by Gasteiger charge is -2.02. The third kappa shape index (κ3) is 2.52. The van der Waals surface area contributed by atoms with E-state index in [0.717, 1.165) is 5.69 Å². The van der Waals surface area contributed by atoms with Gasteiger partial charge in [-0.15, -0.1) is 21.4 Å². The van der Waals surface area contributed by atoms with Gasteiger partial charge in [0, 0.05) is 5.56 Å². The second kappa shape index (κ2) is 5.10. The molecule has 1 aromatic carbocycles. The highest BCUT2D eigenvalue weighted by Crippen LogP contribution is 2.07. The Morgan fingerprint density at radius 2 is 2.17 bits per heavy atom. The summed E-state index contributed by atoms with van der Waals surface area (Å²) in [5.41, 5.74) is 1.27. The largest absolute Gasteiger partial charge is 0.341 e. The van der Waals surface area contributed by atoms with Crippen molar-refractivity contribution in [1.29, 1.82) is 0 Å². The Morgan fingerprint density at radius 3 is 2.72 bits per heavy atom. The van der Waals surface area contributed by atoms with Crippen molar-refractivity contribution >= 4 is 5.91 Å².